The highest BCUT2D eigenvalue weighted by Crippen LogP contribution is 2.23. The molecule has 30 heavy (non-hydrogen) atoms. The molecule has 0 spiro atoms. The van der Waals surface area contributed by atoms with Crippen LogP contribution in [-0.2, 0) is 0 Å². The molecule has 2 fully saturated rings. The SMILES string of the molecule is CC1CCN(c2ccc(N3CCN(C(=O)Nc4ccc(F)c(Cl)c4)CC3)nn2)CC1. The Morgan fingerprint density at radius 1 is 1.00 bits per heavy atom. The Labute approximate surface area is 180 Å². The quantitative estimate of drug-likeness (QED) is 0.797. The lowest BCUT2D eigenvalue weighted by Gasteiger charge is -2.35. The van der Waals surface area contributed by atoms with Crippen LogP contribution in [0.4, 0.5) is 26.5 Å². The topological polar surface area (TPSA) is 64.6 Å². The predicted molar refractivity (Wildman–Crippen MR) is 117 cm³/mol. The normalized spacial score (nSPS) is 17.9. The number of hydrogen-bond donors (Lipinski definition) is 1. The van der Waals surface area contributed by atoms with Crippen molar-refractivity contribution >= 4 is 35.0 Å². The van der Waals surface area contributed by atoms with Gasteiger partial charge >= 0.3 is 6.03 Å². The zero-order valence-corrected chi connectivity index (χ0v) is 17.8. The number of nitrogens with zero attached hydrogens (tertiary/aromatic N) is 5. The zero-order valence-electron chi connectivity index (χ0n) is 17.0. The number of carbonyl (C=O) groups excluding carboxylic acids is 1. The molecular formula is C21H26ClFN6O. The summed E-state index contributed by atoms with van der Waals surface area (Å²) in [5.41, 5.74) is 0.474. The molecule has 160 valence electrons. The van der Waals surface area contributed by atoms with Gasteiger partial charge in [-0.1, -0.05) is 18.5 Å². The van der Waals surface area contributed by atoms with Gasteiger partial charge in [-0.25, -0.2) is 9.18 Å². The van der Waals surface area contributed by atoms with Crippen LogP contribution in [-0.4, -0.2) is 60.4 Å². The lowest BCUT2D eigenvalue weighted by atomic mass is 9.99. The van der Waals surface area contributed by atoms with Crippen molar-refractivity contribution in [3.63, 3.8) is 0 Å². The Balaban J connectivity index is 1.29. The minimum atomic E-state index is -0.509. The van der Waals surface area contributed by atoms with Crippen LogP contribution in [0, 0.1) is 11.7 Å². The second kappa shape index (κ2) is 9.04. The van der Waals surface area contributed by atoms with E-state index in [1.54, 1.807) is 4.90 Å². The fourth-order valence-corrected chi connectivity index (χ4v) is 3.99. The molecule has 1 N–H and O–H groups in total. The van der Waals surface area contributed by atoms with Gasteiger partial charge in [-0.3, -0.25) is 0 Å². The first-order valence-corrected chi connectivity index (χ1v) is 10.7. The molecule has 0 radical (unpaired) electrons. The summed E-state index contributed by atoms with van der Waals surface area (Å²) in [4.78, 5) is 18.6. The van der Waals surface area contributed by atoms with Crippen LogP contribution in [0.15, 0.2) is 30.3 Å². The molecular weight excluding hydrogens is 407 g/mol. The van der Waals surface area contributed by atoms with Crippen molar-refractivity contribution in [1.82, 2.24) is 15.1 Å². The summed E-state index contributed by atoms with van der Waals surface area (Å²) in [5.74, 6) is 2.03. The van der Waals surface area contributed by atoms with E-state index in [9.17, 15) is 9.18 Å². The van der Waals surface area contributed by atoms with E-state index in [1.807, 2.05) is 12.1 Å². The van der Waals surface area contributed by atoms with Gasteiger partial charge in [0.25, 0.3) is 0 Å². The minimum absolute atomic E-state index is 0.0151. The van der Waals surface area contributed by atoms with Crippen molar-refractivity contribution in [3.05, 3.63) is 41.2 Å². The molecule has 0 unspecified atom stereocenters. The molecule has 1 aromatic carbocycles. The Morgan fingerprint density at radius 3 is 2.17 bits per heavy atom. The lowest BCUT2D eigenvalue weighted by Crippen LogP contribution is -2.50. The van der Waals surface area contributed by atoms with Crippen LogP contribution in [0.2, 0.25) is 5.02 Å². The summed E-state index contributed by atoms with van der Waals surface area (Å²) < 4.78 is 13.3. The standard InChI is InChI=1S/C21H26ClFN6O/c1-15-6-8-27(9-7-15)19-4-5-20(26-25-19)28-10-12-29(13-11-28)21(30)24-16-2-3-18(23)17(22)14-16/h2-5,14-15H,6-13H2,1H3,(H,24,30). The first-order valence-electron chi connectivity index (χ1n) is 10.3. The summed E-state index contributed by atoms with van der Waals surface area (Å²) in [7, 11) is 0. The van der Waals surface area contributed by atoms with Crippen molar-refractivity contribution in [1.29, 1.82) is 0 Å². The molecule has 0 saturated carbocycles. The van der Waals surface area contributed by atoms with Gasteiger partial charge in [-0.2, -0.15) is 0 Å². The van der Waals surface area contributed by atoms with E-state index in [0.29, 0.717) is 31.9 Å². The van der Waals surface area contributed by atoms with Gasteiger partial charge in [0.15, 0.2) is 11.6 Å². The number of carbonyl (C=O) groups is 1. The highest BCUT2D eigenvalue weighted by Gasteiger charge is 2.23. The van der Waals surface area contributed by atoms with Crippen LogP contribution in [0.1, 0.15) is 19.8 Å². The minimum Gasteiger partial charge on any atom is -0.355 e. The molecule has 2 saturated heterocycles. The van der Waals surface area contributed by atoms with E-state index in [1.165, 1.54) is 31.0 Å². The Hall–Kier alpha value is -2.61. The van der Waals surface area contributed by atoms with Crippen LogP contribution in [0.5, 0.6) is 0 Å². The monoisotopic (exact) mass is 432 g/mol. The maximum atomic E-state index is 13.3. The number of nitrogens with one attached hydrogen (secondary N) is 1. The largest absolute Gasteiger partial charge is 0.355 e. The van der Waals surface area contributed by atoms with Crippen molar-refractivity contribution in [2.45, 2.75) is 19.8 Å². The van der Waals surface area contributed by atoms with Crippen molar-refractivity contribution < 1.29 is 9.18 Å². The summed E-state index contributed by atoms with van der Waals surface area (Å²) in [6.45, 7) is 6.83. The first-order chi connectivity index (χ1) is 14.5. The molecule has 3 heterocycles. The second-order valence-corrected chi connectivity index (χ2v) is 8.36. The number of piperazine rings is 1. The number of rotatable bonds is 3. The Morgan fingerprint density at radius 2 is 1.60 bits per heavy atom. The van der Waals surface area contributed by atoms with E-state index in [2.05, 4.69) is 32.2 Å². The fourth-order valence-electron chi connectivity index (χ4n) is 3.81. The molecule has 2 aliphatic rings. The molecule has 2 aliphatic heterocycles. The van der Waals surface area contributed by atoms with E-state index in [0.717, 1.165) is 30.6 Å². The summed E-state index contributed by atoms with van der Waals surface area (Å²) in [6.07, 6.45) is 2.38. The number of urea groups is 1. The van der Waals surface area contributed by atoms with Crippen molar-refractivity contribution in [3.8, 4) is 0 Å². The number of hydrogen-bond acceptors (Lipinski definition) is 5. The Bertz CT molecular complexity index is 880. The third-order valence-corrected chi connectivity index (χ3v) is 6.10. The highest BCUT2D eigenvalue weighted by atomic mass is 35.5. The highest BCUT2D eigenvalue weighted by molar-refractivity contribution is 6.31. The maximum Gasteiger partial charge on any atom is 0.321 e. The number of aromatic nitrogens is 2. The fraction of sp³-hybridized carbons (Fsp3) is 0.476. The summed E-state index contributed by atoms with van der Waals surface area (Å²) >= 11 is 5.77. The number of amides is 2. The predicted octanol–water partition coefficient (Wildman–Crippen LogP) is 3.86. The zero-order chi connectivity index (χ0) is 21.1. The van der Waals surface area contributed by atoms with Gasteiger partial charge in [0.2, 0.25) is 0 Å². The second-order valence-electron chi connectivity index (χ2n) is 7.95. The lowest BCUT2D eigenvalue weighted by molar-refractivity contribution is 0.208. The van der Waals surface area contributed by atoms with Crippen LogP contribution >= 0.6 is 11.6 Å². The van der Waals surface area contributed by atoms with Gasteiger partial charge in [0, 0.05) is 45.0 Å². The molecule has 1 aromatic heterocycles. The molecule has 0 bridgehead atoms. The molecule has 9 heteroatoms. The van der Waals surface area contributed by atoms with E-state index in [4.69, 9.17) is 11.6 Å². The van der Waals surface area contributed by atoms with Gasteiger partial charge in [-0.05, 0) is 49.1 Å². The van der Waals surface area contributed by atoms with Gasteiger partial charge in [-0.15, -0.1) is 10.2 Å². The third kappa shape index (κ3) is 4.75. The van der Waals surface area contributed by atoms with Gasteiger partial charge < -0.3 is 20.0 Å². The van der Waals surface area contributed by atoms with Crippen LogP contribution in [0.25, 0.3) is 0 Å². The molecule has 4 rings (SSSR count). The van der Waals surface area contributed by atoms with Gasteiger partial charge in [0.05, 0.1) is 5.02 Å². The molecule has 2 aromatic rings. The van der Waals surface area contributed by atoms with Crippen LogP contribution in [0.3, 0.4) is 0 Å². The molecule has 0 atom stereocenters. The number of benzene rings is 1. The molecule has 7 nitrogen and oxygen atoms in total. The maximum absolute atomic E-state index is 13.3. The molecule has 0 aliphatic carbocycles. The third-order valence-electron chi connectivity index (χ3n) is 5.81. The first kappa shape index (κ1) is 20.7. The number of piperidine rings is 1. The number of anilines is 3. The van der Waals surface area contributed by atoms with Crippen molar-refractivity contribution in [2.24, 2.45) is 5.92 Å². The van der Waals surface area contributed by atoms with E-state index in [-0.39, 0.29) is 11.1 Å². The smallest absolute Gasteiger partial charge is 0.321 e. The van der Waals surface area contributed by atoms with E-state index >= 15 is 0 Å². The molecule has 2 amide bonds. The number of halogens is 2. The summed E-state index contributed by atoms with van der Waals surface area (Å²) in [5, 5.41) is 11.6. The van der Waals surface area contributed by atoms with E-state index < -0.39 is 5.82 Å². The van der Waals surface area contributed by atoms with Crippen molar-refractivity contribution in [2.75, 3.05) is 54.4 Å². The van der Waals surface area contributed by atoms with Gasteiger partial charge in [0.1, 0.15) is 5.82 Å². The van der Waals surface area contributed by atoms with Crippen LogP contribution < -0.4 is 15.1 Å². The average Bonchev–Trinajstić information content (AvgIpc) is 2.77. The summed E-state index contributed by atoms with van der Waals surface area (Å²) in [6, 6.07) is 7.97. The Kier molecular flexibility index (Phi) is 6.22. The average molecular weight is 433 g/mol.